The number of ether oxygens (including phenoxy) is 3. The Morgan fingerprint density at radius 2 is 1.50 bits per heavy atom. The van der Waals surface area contributed by atoms with Crippen LogP contribution in [-0.4, -0.2) is 44.3 Å². The van der Waals surface area contributed by atoms with E-state index in [9.17, 15) is 12.8 Å². The molecule has 0 atom stereocenters. The molecule has 30 heavy (non-hydrogen) atoms. The van der Waals surface area contributed by atoms with E-state index in [1.807, 2.05) is 0 Å². The zero-order chi connectivity index (χ0) is 21.3. The highest BCUT2D eigenvalue weighted by Crippen LogP contribution is 2.41. The Bertz CT molecular complexity index is 1040. The van der Waals surface area contributed by atoms with E-state index in [0.29, 0.717) is 47.2 Å². The number of methoxy groups -OCH3 is 2. The third-order valence-corrected chi connectivity index (χ3v) is 7.40. The van der Waals surface area contributed by atoms with Crippen molar-refractivity contribution in [1.82, 2.24) is 8.61 Å². The number of hydrogen-bond donors (Lipinski definition) is 0. The highest BCUT2D eigenvalue weighted by molar-refractivity contribution is 7.86. The zero-order valence-electron chi connectivity index (χ0n) is 17.1. The lowest BCUT2D eigenvalue weighted by atomic mass is 10.1. The first-order chi connectivity index (χ1) is 14.4. The van der Waals surface area contributed by atoms with Crippen LogP contribution in [0.1, 0.15) is 30.4 Å². The van der Waals surface area contributed by atoms with Gasteiger partial charge in [0.25, 0.3) is 10.2 Å². The summed E-state index contributed by atoms with van der Waals surface area (Å²) in [7, 11) is -0.702. The Kier molecular flexibility index (Phi) is 5.86. The van der Waals surface area contributed by atoms with Crippen LogP contribution in [0.15, 0.2) is 30.3 Å². The summed E-state index contributed by atoms with van der Waals surface area (Å²) in [6, 6.07) is 7.52. The maximum atomic E-state index is 13.9. The van der Waals surface area contributed by atoms with Crippen molar-refractivity contribution in [2.75, 3.05) is 27.3 Å². The SMILES string of the molecule is COc1cc2c(cc1OC)Oc1ccc(F)cc1CN(S(=O)(=O)N1CCCCC1)C2. The number of hydrogen-bond acceptors (Lipinski definition) is 5. The number of fused-ring (bicyclic) bond motifs is 2. The maximum Gasteiger partial charge on any atom is 0.282 e. The monoisotopic (exact) mass is 436 g/mol. The van der Waals surface area contributed by atoms with E-state index >= 15 is 0 Å². The van der Waals surface area contributed by atoms with Gasteiger partial charge in [-0.3, -0.25) is 0 Å². The van der Waals surface area contributed by atoms with Crippen LogP contribution >= 0.6 is 0 Å². The highest BCUT2D eigenvalue weighted by atomic mass is 32.2. The standard InChI is InChI=1S/C21H25FN2O5S/c1-27-20-11-16-14-24(30(25,26)23-8-4-3-5-9-23)13-15-10-17(22)6-7-18(15)29-19(16)12-21(20)28-2/h6-7,10-12H,3-5,8-9,13-14H2,1-2H3. The predicted octanol–water partition coefficient (Wildman–Crippen LogP) is 3.68. The molecule has 0 bridgehead atoms. The molecule has 0 N–H and O–H groups in total. The Labute approximate surface area is 176 Å². The Balaban J connectivity index is 1.82. The molecule has 2 aromatic rings. The molecule has 0 amide bonds. The smallest absolute Gasteiger partial charge is 0.282 e. The average molecular weight is 437 g/mol. The fourth-order valence-corrected chi connectivity index (χ4v) is 5.52. The summed E-state index contributed by atoms with van der Waals surface area (Å²) >= 11 is 0. The van der Waals surface area contributed by atoms with E-state index in [1.54, 1.807) is 12.1 Å². The van der Waals surface area contributed by atoms with Gasteiger partial charge < -0.3 is 14.2 Å². The van der Waals surface area contributed by atoms with Crippen LogP contribution in [0.4, 0.5) is 4.39 Å². The molecule has 0 spiro atoms. The molecule has 9 heteroatoms. The molecular formula is C21H25FN2O5S. The first-order valence-corrected chi connectivity index (χ1v) is 11.3. The van der Waals surface area contributed by atoms with Crippen molar-refractivity contribution in [2.45, 2.75) is 32.4 Å². The lowest BCUT2D eigenvalue weighted by Crippen LogP contribution is -2.45. The van der Waals surface area contributed by atoms with Crippen LogP contribution in [-0.2, 0) is 23.3 Å². The molecule has 0 unspecified atom stereocenters. The third-order valence-electron chi connectivity index (χ3n) is 5.47. The minimum atomic E-state index is -3.74. The van der Waals surface area contributed by atoms with Crippen LogP contribution < -0.4 is 14.2 Å². The molecule has 2 heterocycles. The highest BCUT2D eigenvalue weighted by Gasteiger charge is 2.33. The topological polar surface area (TPSA) is 68.3 Å². The van der Waals surface area contributed by atoms with E-state index in [1.165, 1.54) is 41.0 Å². The first kappa shape index (κ1) is 20.9. The molecule has 7 nitrogen and oxygen atoms in total. The third kappa shape index (κ3) is 3.97. The lowest BCUT2D eigenvalue weighted by molar-refractivity contribution is 0.289. The summed E-state index contributed by atoms with van der Waals surface area (Å²) in [5, 5.41) is 0. The molecule has 0 aromatic heterocycles. The van der Waals surface area contributed by atoms with Gasteiger partial charge in [-0.1, -0.05) is 6.42 Å². The quantitative estimate of drug-likeness (QED) is 0.731. The van der Waals surface area contributed by atoms with E-state index < -0.39 is 16.0 Å². The fourth-order valence-electron chi connectivity index (χ4n) is 3.87. The van der Waals surface area contributed by atoms with Crippen molar-refractivity contribution in [3.63, 3.8) is 0 Å². The van der Waals surface area contributed by atoms with Crippen molar-refractivity contribution >= 4 is 10.2 Å². The van der Waals surface area contributed by atoms with Gasteiger partial charge in [-0.2, -0.15) is 17.0 Å². The Morgan fingerprint density at radius 3 is 2.17 bits per heavy atom. The molecular weight excluding hydrogens is 411 g/mol. The van der Waals surface area contributed by atoms with Gasteiger partial charge in [-0.05, 0) is 37.1 Å². The minimum Gasteiger partial charge on any atom is -0.493 e. The largest absolute Gasteiger partial charge is 0.493 e. The van der Waals surface area contributed by atoms with Crippen molar-refractivity contribution in [3.05, 3.63) is 47.3 Å². The number of nitrogens with zero attached hydrogens (tertiary/aromatic N) is 2. The van der Waals surface area contributed by atoms with E-state index in [-0.39, 0.29) is 13.1 Å². The number of benzene rings is 2. The molecule has 0 aliphatic carbocycles. The van der Waals surface area contributed by atoms with Crippen LogP contribution in [0.25, 0.3) is 0 Å². The first-order valence-electron chi connectivity index (χ1n) is 9.89. The summed E-state index contributed by atoms with van der Waals surface area (Å²) in [6.45, 7) is 1.07. The number of rotatable bonds is 4. The fraction of sp³-hybridized carbons (Fsp3) is 0.429. The molecule has 2 aliphatic rings. The Hall–Kier alpha value is -2.36. The number of halogens is 1. The van der Waals surface area contributed by atoms with Crippen molar-refractivity contribution in [1.29, 1.82) is 0 Å². The lowest BCUT2D eigenvalue weighted by Gasteiger charge is -2.34. The summed E-state index contributed by atoms with van der Waals surface area (Å²) in [5.41, 5.74) is 1.11. The van der Waals surface area contributed by atoms with Gasteiger partial charge in [-0.15, -0.1) is 0 Å². The van der Waals surface area contributed by atoms with Crippen molar-refractivity contribution < 1.29 is 27.0 Å². The molecule has 2 aromatic carbocycles. The van der Waals surface area contributed by atoms with Gasteiger partial charge in [0, 0.05) is 43.4 Å². The summed E-state index contributed by atoms with van der Waals surface area (Å²) in [4.78, 5) is 0. The van der Waals surface area contributed by atoms with Gasteiger partial charge in [-0.25, -0.2) is 4.39 Å². The normalized spacial score (nSPS) is 17.8. The summed E-state index contributed by atoms with van der Waals surface area (Å²) in [5.74, 6) is 1.35. The second-order valence-electron chi connectivity index (χ2n) is 7.40. The van der Waals surface area contributed by atoms with Crippen LogP contribution in [0, 0.1) is 5.82 Å². The molecule has 2 aliphatic heterocycles. The molecule has 0 saturated carbocycles. The predicted molar refractivity (Wildman–Crippen MR) is 110 cm³/mol. The van der Waals surface area contributed by atoms with Gasteiger partial charge >= 0.3 is 0 Å². The second-order valence-corrected chi connectivity index (χ2v) is 9.33. The minimum absolute atomic E-state index is 0.0136. The average Bonchev–Trinajstić information content (AvgIpc) is 2.74. The van der Waals surface area contributed by atoms with Crippen LogP contribution in [0.5, 0.6) is 23.0 Å². The van der Waals surface area contributed by atoms with Gasteiger partial charge in [0.15, 0.2) is 11.5 Å². The van der Waals surface area contributed by atoms with Gasteiger partial charge in [0.2, 0.25) is 0 Å². The van der Waals surface area contributed by atoms with Crippen molar-refractivity contribution in [3.8, 4) is 23.0 Å². The maximum absolute atomic E-state index is 13.9. The molecule has 162 valence electrons. The van der Waals surface area contributed by atoms with Gasteiger partial charge in [0.05, 0.1) is 14.2 Å². The van der Waals surface area contributed by atoms with Crippen LogP contribution in [0.2, 0.25) is 0 Å². The van der Waals surface area contributed by atoms with Crippen LogP contribution in [0.3, 0.4) is 0 Å². The van der Waals surface area contributed by atoms with Gasteiger partial charge in [0.1, 0.15) is 17.3 Å². The second kappa shape index (κ2) is 8.41. The molecule has 1 saturated heterocycles. The molecule has 1 fully saturated rings. The Morgan fingerprint density at radius 1 is 0.867 bits per heavy atom. The van der Waals surface area contributed by atoms with E-state index in [4.69, 9.17) is 14.2 Å². The summed E-state index contributed by atoms with van der Waals surface area (Å²) < 4.78 is 60.5. The molecule has 4 rings (SSSR count). The van der Waals surface area contributed by atoms with Crippen molar-refractivity contribution in [2.24, 2.45) is 0 Å². The zero-order valence-corrected chi connectivity index (χ0v) is 17.9. The summed E-state index contributed by atoms with van der Waals surface area (Å²) in [6.07, 6.45) is 2.69. The molecule has 0 radical (unpaired) electrons. The van der Waals surface area contributed by atoms with E-state index in [2.05, 4.69) is 0 Å². The number of piperidine rings is 1. The van der Waals surface area contributed by atoms with E-state index in [0.717, 1.165) is 19.3 Å².